The van der Waals surface area contributed by atoms with Crippen molar-refractivity contribution in [3.05, 3.63) is 0 Å². The molecule has 0 fully saturated rings. The second-order valence-corrected chi connectivity index (χ2v) is 12.2. The fourth-order valence-corrected chi connectivity index (χ4v) is 5.80. The van der Waals surface area contributed by atoms with Crippen LogP contribution in [0, 0.1) is 0 Å². The summed E-state index contributed by atoms with van der Waals surface area (Å²) in [6, 6.07) is 0. The predicted molar refractivity (Wildman–Crippen MR) is 167 cm³/mol. The minimum atomic E-state index is -0.651. The van der Waals surface area contributed by atoms with Crippen LogP contribution >= 0.6 is 34.4 Å². The fourth-order valence-electron chi connectivity index (χ4n) is 4.40. The first kappa shape index (κ1) is 36.5. The SMILES string of the molecule is CCCCCCCCCCCCCCC(SCCCCCCCCN(C=O)CCNC(=O)CI)C(=O)O. The minimum Gasteiger partial charge on any atom is -0.480 e. The van der Waals surface area contributed by atoms with E-state index in [1.54, 1.807) is 16.7 Å². The summed E-state index contributed by atoms with van der Waals surface area (Å²) in [6.45, 7) is 4.07. The Labute approximate surface area is 245 Å². The molecule has 0 saturated carbocycles. The molecule has 8 heteroatoms. The summed E-state index contributed by atoms with van der Waals surface area (Å²) < 4.78 is 0.438. The molecule has 0 aromatic heterocycles. The average Bonchev–Trinajstić information content (AvgIpc) is 2.89. The van der Waals surface area contributed by atoms with Gasteiger partial charge < -0.3 is 15.3 Å². The summed E-state index contributed by atoms with van der Waals surface area (Å²) in [5, 5.41) is 12.1. The molecule has 0 rings (SSSR count). The van der Waals surface area contributed by atoms with Crippen molar-refractivity contribution in [3.63, 3.8) is 0 Å². The van der Waals surface area contributed by atoms with Crippen LogP contribution in [0.4, 0.5) is 0 Å². The molecule has 0 spiro atoms. The molecule has 2 amide bonds. The largest absolute Gasteiger partial charge is 0.480 e. The van der Waals surface area contributed by atoms with Crippen LogP contribution in [-0.2, 0) is 14.4 Å². The van der Waals surface area contributed by atoms with Crippen LogP contribution in [0.5, 0.6) is 0 Å². The van der Waals surface area contributed by atoms with Crippen molar-refractivity contribution >= 4 is 52.6 Å². The lowest BCUT2D eigenvalue weighted by atomic mass is 10.0. The van der Waals surface area contributed by atoms with Crippen molar-refractivity contribution < 1.29 is 19.5 Å². The van der Waals surface area contributed by atoms with Crippen molar-refractivity contribution in [3.8, 4) is 0 Å². The van der Waals surface area contributed by atoms with Crippen LogP contribution in [0.25, 0.3) is 0 Å². The molecule has 0 aromatic rings. The number of nitrogens with one attached hydrogen (secondary N) is 1. The van der Waals surface area contributed by atoms with E-state index in [0.717, 1.165) is 76.5 Å². The van der Waals surface area contributed by atoms with E-state index in [1.165, 1.54) is 64.2 Å². The average molecular weight is 655 g/mol. The Hall–Kier alpha value is -0.510. The van der Waals surface area contributed by atoms with Gasteiger partial charge in [-0.3, -0.25) is 14.4 Å². The number of halogens is 1. The van der Waals surface area contributed by atoms with E-state index in [2.05, 4.69) is 12.2 Å². The summed E-state index contributed by atoms with van der Waals surface area (Å²) in [7, 11) is 0. The van der Waals surface area contributed by atoms with E-state index in [0.29, 0.717) is 17.5 Å². The highest BCUT2D eigenvalue weighted by molar-refractivity contribution is 14.1. The summed E-state index contributed by atoms with van der Waals surface area (Å²) in [6.07, 6.45) is 23.9. The van der Waals surface area contributed by atoms with Crippen LogP contribution in [0.3, 0.4) is 0 Å². The predicted octanol–water partition coefficient (Wildman–Crippen LogP) is 7.61. The Balaban J connectivity index is 3.59. The first-order valence-corrected chi connectivity index (χ1v) is 17.5. The molecule has 0 heterocycles. The number of rotatable bonds is 29. The Kier molecular flexibility index (Phi) is 28.1. The van der Waals surface area contributed by atoms with Gasteiger partial charge in [0.15, 0.2) is 0 Å². The van der Waals surface area contributed by atoms with Crippen molar-refractivity contribution in [2.24, 2.45) is 0 Å². The number of unbranched alkanes of at least 4 members (excludes halogenated alkanes) is 16. The van der Waals surface area contributed by atoms with Crippen molar-refractivity contribution in [1.29, 1.82) is 0 Å². The van der Waals surface area contributed by atoms with Gasteiger partial charge in [0.1, 0.15) is 5.25 Å². The number of amides is 2. The molecule has 1 atom stereocenters. The molecule has 218 valence electrons. The number of aliphatic carboxylic acids is 1. The van der Waals surface area contributed by atoms with Gasteiger partial charge in [0.05, 0.1) is 4.43 Å². The highest BCUT2D eigenvalue weighted by atomic mass is 127. The number of carbonyl (C=O) groups excluding carboxylic acids is 2. The minimum absolute atomic E-state index is 0.00336. The first-order chi connectivity index (χ1) is 18.0. The number of hydrogen-bond acceptors (Lipinski definition) is 4. The molecule has 1 unspecified atom stereocenters. The number of carboxylic acid groups (broad SMARTS) is 1. The van der Waals surface area contributed by atoms with Crippen LogP contribution < -0.4 is 5.32 Å². The maximum Gasteiger partial charge on any atom is 0.316 e. The quantitative estimate of drug-likeness (QED) is 0.0375. The zero-order chi connectivity index (χ0) is 27.4. The van der Waals surface area contributed by atoms with Gasteiger partial charge in [-0.05, 0) is 25.0 Å². The van der Waals surface area contributed by atoms with Gasteiger partial charge in [-0.2, -0.15) is 0 Å². The van der Waals surface area contributed by atoms with Gasteiger partial charge in [0, 0.05) is 19.6 Å². The van der Waals surface area contributed by atoms with Gasteiger partial charge in [-0.1, -0.05) is 132 Å². The molecule has 0 bridgehead atoms. The lowest BCUT2D eigenvalue weighted by Gasteiger charge is -2.17. The highest BCUT2D eigenvalue weighted by Crippen LogP contribution is 2.21. The zero-order valence-corrected chi connectivity index (χ0v) is 26.5. The summed E-state index contributed by atoms with van der Waals surface area (Å²) >= 11 is 3.64. The normalized spacial score (nSPS) is 11.8. The molecule has 0 aliphatic carbocycles. The third-order valence-electron chi connectivity index (χ3n) is 6.75. The van der Waals surface area contributed by atoms with Gasteiger partial charge >= 0.3 is 5.97 Å². The smallest absolute Gasteiger partial charge is 0.316 e. The third kappa shape index (κ3) is 25.5. The van der Waals surface area contributed by atoms with Gasteiger partial charge in [0.2, 0.25) is 12.3 Å². The third-order valence-corrected chi connectivity index (χ3v) is 8.80. The second kappa shape index (κ2) is 28.5. The highest BCUT2D eigenvalue weighted by Gasteiger charge is 2.16. The number of carbonyl (C=O) groups is 3. The summed E-state index contributed by atoms with van der Waals surface area (Å²) in [4.78, 5) is 35.7. The molecular weight excluding hydrogens is 599 g/mol. The summed E-state index contributed by atoms with van der Waals surface area (Å²) in [5.74, 6) is 0.280. The molecule has 0 aliphatic rings. The standard InChI is InChI=1S/C29H55IN2O4S/c1-2-3-4-5-6-7-8-9-10-11-14-17-20-27(29(35)36)37-24-19-16-13-12-15-18-22-32(26-33)23-21-31-28(34)25-30/h26-27H,2-25H2,1H3,(H,31,34)(H,35,36). The van der Waals surface area contributed by atoms with E-state index in [1.807, 2.05) is 22.6 Å². The summed E-state index contributed by atoms with van der Waals surface area (Å²) in [5.41, 5.74) is 0. The molecule has 0 aliphatic heterocycles. The van der Waals surface area contributed by atoms with Crippen LogP contribution in [0.15, 0.2) is 0 Å². The zero-order valence-electron chi connectivity index (χ0n) is 23.5. The van der Waals surface area contributed by atoms with Crippen molar-refractivity contribution in [2.45, 2.75) is 134 Å². The van der Waals surface area contributed by atoms with Crippen LogP contribution in [0.2, 0.25) is 0 Å². The second-order valence-electron chi connectivity index (χ2n) is 10.1. The Morgan fingerprint density at radius 1 is 0.811 bits per heavy atom. The van der Waals surface area contributed by atoms with Crippen molar-refractivity contribution in [2.75, 3.05) is 29.8 Å². The molecular formula is C29H55IN2O4S. The number of nitrogens with zero attached hydrogens (tertiary/aromatic N) is 1. The monoisotopic (exact) mass is 654 g/mol. The van der Waals surface area contributed by atoms with Crippen LogP contribution in [0.1, 0.15) is 129 Å². The number of carboxylic acids is 1. The number of alkyl halides is 1. The first-order valence-electron chi connectivity index (χ1n) is 14.9. The number of thioether (sulfide) groups is 1. The lowest BCUT2D eigenvalue weighted by Crippen LogP contribution is -2.35. The van der Waals surface area contributed by atoms with Gasteiger partial charge in [0.25, 0.3) is 0 Å². The molecule has 0 saturated heterocycles. The Bertz CT molecular complexity index is 554. The van der Waals surface area contributed by atoms with Gasteiger partial charge in [-0.15, -0.1) is 11.8 Å². The number of hydrogen-bond donors (Lipinski definition) is 2. The van der Waals surface area contributed by atoms with E-state index in [4.69, 9.17) is 0 Å². The fraction of sp³-hybridized carbons (Fsp3) is 0.897. The Morgan fingerprint density at radius 3 is 1.84 bits per heavy atom. The van der Waals surface area contributed by atoms with E-state index in [9.17, 15) is 19.5 Å². The maximum atomic E-state index is 11.6. The van der Waals surface area contributed by atoms with E-state index < -0.39 is 5.97 Å². The molecule has 0 radical (unpaired) electrons. The van der Waals surface area contributed by atoms with Gasteiger partial charge in [-0.25, -0.2) is 0 Å². The maximum absolute atomic E-state index is 11.6. The lowest BCUT2D eigenvalue weighted by molar-refractivity contribution is -0.136. The van der Waals surface area contributed by atoms with Crippen molar-refractivity contribution in [1.82, 2.24) is 10.2 Å². The van der Waals surface area contributed by atoms with E-state index >= 15 is 0 Å². The van der Waals surface area contributed by atoms with Crippen LogP contribution in [-0.4, -0.2) is 63.4 Å². The molecule has 6 nitrogen and oxygen atoms in total. The molecule has 37 heavy (non-hydrogen) atoms. The molecule has 2 N–H and O–H groups in total. The Morgan fingerprint density at radius 2 is 1.32 bits per heavy atom. The molecule has 0 aromatic carbocycles. The van der Waals surface area contributed by atoms with E-state index in [-0.39, 0.29) is 11.2 Å². The topological polar surface area (TPSA) is 86.7 Å².